The van der Waals surface area contributed by atoms with Crippen molar-refractivity contribution < 1.29 is 14.4 Å². The van der Waals surface area contributed by atoms with Crippen molar-refractivity contribution in [2.24, 2.45) is 0 Å². The molecule has 2 aromatic carbocycles. The molecule has 176 valence electrons. The van der Waals surface area contributed by atoms with Crippen LogP contribution in [0.4, 0.5) is 0 Å². The van der Waals surface area contributed by atoms with E-state index in [1.807, 2.05) is 46.7 Å². The van der Waals surface area contributed by atoms with Crippen LogP contribution in [0.25, 0.3) is 0 Å². The molecule has 1 N–H and O–H groups in total. The Bertz CT molecular complexity index is 1090. The second-order valence-corrected chi connectivity index (χ2v) is 9.32. The molecule has 1 saturated heterocycles. The molecule has 1 fully saturated rings. The lowest BCUT2D eigenvalue weighted by molar-refractivity contribution is -0.132. The molecule has 0 spiro atoms. The third kappa shape index (κ3) is 6.32. The molecule has 1 aromatic heterocycles. The zero-order valence-electron chi connectivity index (χ0n) is 19.1. The summed E-state index contributed by atoms with van der Waals surface area (Å²) >= 11 is 1.41. The Hall–Kier alpha value is -3.45. The summed E-state index contributed by atoms with van der Waals surface area (Å²) in [6.07, 6.45) is 2.27. The number of carbonyl (C=O) groups excluding carboxylic acids is 3. The zero-order valence-corrected chi connectivity index (χ0v) is 19.9. The van der Waals surface area contributed by atoms with Crippen LogP contribution in [0.5, 0.6) is 0 Å². The summed E-state index contributed by atoms with van der Waals surface area (Å²) in [5.41, 5.74) is 2.81. The maximum atomic E-state index is 12.9. The highest BCUT2D eigenvalue weighted by Gasteiger charge is 2.24. The second-order valence-electron chi connectivity index (χ2n) is 8.37. The molecule has 2 heterocycles. The van der Waals surface area contributed by atoms with Crippen LogP contribution >= 0.6 is 11.3 Å². The number of rotatable bonds is 8. The summed E-state index contributed by atoms with van der Waals surface area (Å²) in [6.45, 7) is 2.64. The van der Waals surface area contributed by atoms with Crippen molar-refractivity contribution in [3.63, 3.8) is 0 Å². The molecule has 0 bridgehead atoms. The van der Waals surface area contributed by atoms with Gasteiger partial charge < -0.3 is 15.1 Å². The molecule has 0 unspecified atom stereocenters. The molecule has 0 radical (unpaired) electrons. The predicted octanol–water partition coefficient (Wildman–Crippen LogP) is 3.99. The van der Waals surface area contributed by atoms with Crippen molar-refractivity contribution in [2.45, 2.75) is 25.8 Å². The molecule has 6 nitrogen and oxygen atoms in total. The van der Waals surface area contributed by atoms with E-state index in [1.54, 1.807) is 23.1 Å². The number of thiophene rings is 1. The van der Waals surface area contributed by atoms with E-state index < -0.39 is 0 Å². The minimum absolute atomic E-state index is 0.0228. The Labute approximate surface area is 204 Å². The van der Waals surface area contributed by atoms with Gasteiger partial charge in [-0.1, -0.05) is 48.5 Å². The van der Waals surface area contributed by atoms with Gasteiger partial charge >= 0.3 is 0 Å². The van der Waals surface area contributed by atoms with Crippen LogP contribution in [0, 0.1) is 0 Å². The first-order valence-electron chi connectivity index (χ1n) is 11.6. The molecule has 0 atom stereocenters. The summed E-state index contributed by atoms with van der Waals surface area (Å²) in [6, 6.07) is 21.2. The van der Waals surface area contributed by atoms with Crippen molar-refractivity contribution in [3.05, 3.63) is 93.7 Å². The monoisotopic (exact) mass is 475 g/mol. The van der Waals surface area contributed by atoms with Crippen LogP contribution in [-0.2, 0) is 17.8 Å². The smallest absolute Gasteiger partial charge is 0.261 e. The highest BCUT2D eigenvalue weighted by atomic mass is 32.1. The molecule has 3 amide bonds. The van der Waals surface area contributed by atoms with Gasteiger partial charge in [-0.15, -0.1) is 11.3 Å². The van der Waals surface area contributed by atoms with Gasteiger partial charge in [-0.25, -0.2) is 0 Å². The van der Waals surface area contributed by atoms with E-state index >= 15 is 0 Å². The van der Waals surface area contributed by atoms with Crippen molar-refractivity contribution in [3.8, 4) is 0 Å². The van der Waals surface area contributed by atoms with Crippen LogP contribution in [0.3, 0.4) is 0 Å². The van der Waals surface area contributed by atoms with Gasteiger partial charge in [0.15, 0.2) is 0 Å². The van der Waals surface area contributed by atoms with Gasteiger partial charge in [0.25, 0.3) is 11.8 Å². The summed E-state index contributed by atoms with van der Waals surface area (Å²) < 4.78 is 0. The molecule has 1 aliphatic heterocycles. The van der Waals surface area contributed by atoms with E-state index in [0.29, 0.717) is 49.6 Å². The number of nitrogens with zero attached hydrogens (tertiary/aromatic N) is 2. The molecule has 34 heavy (non-hydrogen) atoms. The van der Waals surface area contributed by atoms with Crippen LogP contribution in [-0.4, -0.2) is 53.7 Å². The quantitative estimate of drug-likeness (QED) is 0.536. The summed E-state index contributed by atoms with van der Waals surface area (Å²) in [5.74, 6) is 0.0463. The molecule has 1 aliphatic rings. The van der Waals surface area contributed by atoms with Gasteiger partial charge in [0.1, 0.15) is 0 Å². The van der Waals surface area contributed by atoms with Crippen LogP contribution in [0.2, 0.25) is 0 Å². The SMILES string of the molecule is O=C(NCc1ccc(C(=O)N2CCN(C(=O)CCCc3ccccc3)CC2)cc1)c1cccs1. The number of piperazine rings is 1. The number of nitrogens with one attached hydrogen (secondary N) is 1. The van der Waals surface area contributed by atoms with Crippen molar-refractivity contribution in [1.82, 2.24) is 15.1 Å². The van der Waals surface area contributed by atoms with Crippen molar-refractivity contribution >= 4 is 29.1 Å². The van der Waals surface area contributed by atoms with Gasteiger partial charge in [0, 0.05) is 44.7 Å². The first kappa shape index (κ1) is 23.7. The van der Waals surface area contributed by atoms with E-state index in [1.165, 1.54) is 16.9 Å². The largest absolute Gasteiger partial charge is 0.347 e. The summed E-state index contributed by atoms with van der Waals surface area (Å²) in [7, 11) is 0. The van der Waals surface area contributed by atoms with Gasteiger partial charge in [0.2, 0.25) is 5.91 Å². The first-order valence-corrected chi connectivity index (χ1v) is 12.5. The molecular formula is C27H29N3O3S. The Morgan fingerprint density at radius 1 is 0.794 bits per heavy atom. The Morgan fingerprint density at radius 2 is 1.50 bits per heavy atom. The van der Waals surface area contributed by atoms with Gasteiger partial charge in [0.05, 0.1) is 4.88 Å². The third-order valence-corrected chi connectivity index (χ3v) is 6.89. The maximum absolute atomic E-state index is 12.9. The van der Waals surface area contributed by atoms with E-state index in [2.05, 4.69) is 17.4 Å². The van der Waals surface area contributed by atoms with E-state index in [4.69, 9.17) is 0 Å². The summed E-state index contributed by atoms with van der Waals surface area (Å²) in [4.78, 5) is 41.9. The molecule has 7 heteroatoms. The Morgan fingerprint density at radius 3 is 2.18 bits per heavy atom. The zero-order chi connectivity index (χ0) is 23.8. The number of benzene rings is 2. The van der Waals surface area contributed by atoms with Gasteiger partial charge in [-0.2, -0.15) is 0 Å². The topological polar surface area (TPSA) is 69.7 Å². The van der Waals surface area contributed by atoms with Crippen LogP contribution < -0.4 is 5.32 Å². The third-order valence-electron chi connectivity index (χ3n) is 6.02. The highest BCUT2D eigenvalue weighted by molar-refractivity contribution is 7.12. The van der Waals surface area contributed by atoms with Gasteiger partial charge in [-0.3, -0.25) is 14.4 Å². The van der Waals surface area contributed by atoms with Crippen LogP contribution in [0.1, 0.15) is 44.0 Å². The minimum atomic E-state index is -0.0948. The first-order chi connectivity index (χ1) is 16.6. The maximum Gasteiger partial charge on any atom is 0.261 e. The number of hydrogen-bond acceptors (Lipinski definition) is 4. The average molecular weight is 476 g/mol. The fraction of sp³-hybridized carbons (Fsp3) is 0.296. The van der Waals surface area contributed by atoms with Crippen LogP contribution in [0.15, 0.2) is 72.1 Å². The normalized spacial score (nSPS) is 13.5. The summed E-state index contributed by atoms with van der Waals surface area (Å²) in [5, 5.41) is 4.76. The van der Waals surface area contributed by atoms with Crippen molar-refractivity contribution in [1.29, 1.82) is 0 Å². The Balaban J connectivity index is 1.20. The Kier molecular flexibility index (Phi) is 8.09. The number of amides is 3. The highest BCUT2D eigenvalue weighted by Crippen LogP contribution is 2.13. The average Bonchev–Trinajstić information content (AvgIpc) is 3.43. The lowest BCUT2D eigenvalue weighted by Crippen LogP contribution is -2.50. The molecule has 4 rings (SSSR count). The van der Waals surface area contributed by atoms with E-state index in [0.717, 1.165) is 18.4 Å². The molecule has 3 aromatic rings. The lowest BCUT2D eigenvalue weighted by Gasteiger charge is -2.35. The predicted molar refractivity (Wildman–Crippen MR) is 134 cm³/mol. The standard InChI is InChI=1S/C27H29N3O3S/c31-25(10-4-8-21-6-2-1-3-7-21)29-15-17-30(18-16-29)27(33)23-13-11-22(12-14-23)20-28-26(32)24-9-5-19-34-24/h1-3,5-7,9,11-14,19H,4,8,10,15-18,20H2,(H,28,32). The molecule has 0 saturated carbocycles. The van der Waals surface area contributed by atoms with Gasteiger partial charge in [-0.05, 0) is 47.5 Å². The fourth-order valence-corrected chi connectivity index (χ4v) is 4.67. The number of hydrogen-bond donors (Lipinski definition) is 1. The second kappa shape index (κ2) is 11.6. The minimum Gasteiger partial charge on any atom is -0.347 e. The van der Waals surface area contributed by atoms with E-state index in [-0.39, 0.29) is 17.7 Å². The lowest BCUT2D eigenvalue weighted by atomic mass is 10.1. The number of carbonyl (C=O) groups is 3. The number of aryl methyl sites for hydroxylation is 1. The molecular weight excluding hydrogens is 446 g/mol. The fourth-order valence-electron chi connectivity index (χ4n) is 4.03. The van der Waals surface area contributed by atoms with Crippen molar-refractivity contribution in [2.75, 3.05) is 26.2 Å². The molecule has 0 aliphatic carbocycles. The van der Waals surface area contributed by atoms with E-state index in [9.17, 15) is 14.4 Å².